The number of hydrogen-bond acceptors (Lipinski definition) is 4. The molecular weight excluding hydrogens is 326 g/mol. The summed E-state index contributed by atoms with van der Waals surface area (Å²) in [7, 11) is 0. The van der Waals surface area contributed by atoms with Gasteiger partial charge in [0.05, 0.1) is 0 Å². The summed E-state index contributed by atoms with van der Waals surface area (Å²) in [6.45, 7) is 0. The summed E-state index contributed by atoms with van der Waals surface area (Å²) in [5.41, 5.74) is 1.30. The van der Waals surface area contributed by atoms with Gasteiger partial charge in [0.1, 0.15) is 21.4 Å². The molecule has 0 aliphatic rings. The Hall–Kier alpha value is -1.66. The molecule has 19 heavy (non-hydrogen) atoms. The molecule has 0 aromatic carbocycles. The number of fused-ring (bicyclic) bond motifs is 1. The smallest absolute Gasteiger partial charge is 0.169 e. The van der Waals surface area contributed by atoms with E-state index >= 15 is 0 Å². The van der Waals surface area contributed by atoms with Gasteiger partial charge in [-0.05, 0) is 52.0 Å². The van der Waals surface area contributed by atoms with E-state index in [1.165, 1.54) is 11.8 Å². The van der Waals surface area contributed by atoms with E-state index in [9.17, 15) is 4.79 Å². The molecule has 0 bridgehead atoms. The third-order valence-corrected chi connectivity index (χ3v) is 3.96. The van der Waals surface area contributed by atoms with Crippen molar-refractivity contribution >= 4 is 39.6 Å². The Kier molecular flexibility index (Phi) is 3.35. The van der Waals surface area contributed by atoms with E-state index in [-0.39, 0.29) is 0 Å². The summed E-state index contributed by atoms with van der Waals surface area (Å²) in [6.07, 6.45) is 4.37. The second kappa shape index (κ2) is 5.14. The Balaban J connectivity index is 2.05. The van der Waals surface area contributed by atoms with Gasteiger partial charge in [0.25, 0.3) is 0 Å². The van der Waals surface area contributed by atoms with Crippen molar-refractivity contribution in [3.05, 3.63) is 52.9 Å². The highest BCUT2D eigenvalue weighted by Gasteiger charge is 2.12. The maximum Gasteiger partial charge on any atom is 0.169 e. The average molecular weight is 334 g/mol. The molecule has 0 saturated carbocycles. The van der Waals surface area contributed by atoms with Gasteiger partial charge < -0.3 is 0 Å². The van der Waals surface area contributed by atoms with Crippen molar-refractivity contribution in [1.29, 1.82) is 0 Å². The molecule has 0 saturated heterocycles. The first-order valence-electron chi connectivity index (χ1n) is 5.49. The highest BCUT2D eigenvalue weighted by Crippen LogP contribution is 2.28. The maximum absolute atomic E-state index is 11.2. The number of pyridine rings is 2. The number of carbonyl (C=O) groups is 1. The van der Waals surface area contributed by atoms with Gasteiger partial charge in [-0.2, -0.15) is 0 Å². The van der Waals surface area contributed by atoms with E-state index in [0.717, 1.165) is 21.4 Å². The Morgan fingerprint density at radius 2 is 2.16 bits per heavy atom. The lowest BCUT2D eigenvalue weighted by atomic mass is 10.4. The second-order valence-corrected chi connectivity index (χ2v) is 5.69. The van der Waals surface area contributed by atoms with Crippen molar-refractivity contribution < 1.29 is 4.79 Å². The zero-order valence-electron chi connectivity index (χ0n) is 9.65. The van der Waals surface area contributed by atoms with E-state index in [0.29, 0.717) is 10.7 Å². The van der Waals surface area contributed by atoms with E-state index in [1.54, 1.807) is 10.6 Å². The monoisotopic (exact) mass is 333 g/mol. The van der Waals surface area contributed by atoms with Gasteiger partial charge in [-0.1, -0.05) is 6.07 Å². The molecule has 0 unspecified atom stereocenters. The molecule has 0 atom stereocenters. The lowest BCUT2D eigenvalue weighted by molar-refractivity contribution is 0.111. The molecule has 3 rings (SSSR count). The third kappa shape index (κ3) is 2.41. The molecule has 3 heterocycles. The number of carbonyl (C=O) groups excluding carboxylic acids is 1. The minimum absolute atomic E-state index is 0.547. The van der Waals surface area contributed by atoms with Crippen molar-refractivity contribution in [2.24, 2.45) is 0 Å². The van der Waals surface area contributed by atoms with Crippen LogP contribution in [0.15, 0.2) is 57.3 Å². The van der Waals surface area contributed by atoms with Crippen LogP contribution in [0.1, 0.15) is 10.5 Å². The van der Waals surface area contributed by atoms with Gasteiger partial charge in [-0.3, -0.25) is 9.20 Å². The Morgan fingerprint density at radius 3 is 2.89 bits per heavy atom. The van der Waals surface area contributed by atoms with Crippen LogP contribution in [0.5, 0.6) is 0 Å². The largest absolute Gasteiger partial charge is 0.296 e. The van der Waals surface area contributed by atoms with Crippen LogP contribution in [0.4, 0.5) is 0 Å². The summed E-state index contributed by atoms with van der Waals surface area (Å²) in [5.74, 6) is 0. The number of halogens is 1. The van der Waals surface area contributed by atoms with Gasteiger partial charge in [0.15, 0.2) is 6.29 Å². The molecule has 6 heteroatoms. The van der Waals surface area contributed by atoms with Gasteiger partial charge in [-0.15, -0.1) is 0 Å². The minimum Gasteiger partial charge on any atom is -0.296 e. The average Bonchev–Trinajstić information content (AvgIpc) is 2.78. The number of nitrogens with zero attached hydrogens (tertiary/aromatic N) is 3. The van der Waals surface area contributed by atoms with Crippen molar-refractivity contribution in [1.82, 2.24) is 14.4 Å². The van der Waals surface area contributed by atoms with Gasteiger partial charge in [-0.25, -0.2) is 9.97 Å². The van der Waals surface area contributed by atoms with E-state index in [2.05, 4.69) is 25.9 Å². The fourth-order valence-electron chi connectivity index (χ4n) is 1.70. The summed E-state index contributed by atoms with van der Waals surface area (Å²) in [4.78, 5) is 20.0. The molecule has 0 aliphatic carbocycles. The van der Waals surface area contributed by atoms with E-state index in [4.69, 9.17) is 0 Å². The lowest BCUT2D eigenvalue weighted by Crippen LogP contribution is -1.90. The first kappa shape index (κ1) is 12.4. The fraction of sp³-hybridized carbons (Fsp3) is 0. The summed E-state index contributed by atoms with van der Waals surface area (Å²) in [6, 6.07) is 9.42. The van der Waals surface area contributed by atoms with Crippen LogP contribution in [0.2, 0.25) is 0 Å². The molecular formula is C13H8BrN3OS. The van der Waals surface area contributed by atoms with Gasteiger partial charge in [0.2, 0.25) is 0 Å². The molecule has 0 spiro atoms. The predicted molar refractivity (Wildman–Crippen MR) is 76.6 cm³/mol. The quantitative estimate of drug-likeness (QED) is 0.688. The van der Waals surface area contributed by atoms with Gasteiger partial charge >= 0.3 is 0 Å². The van der Waals surface area contributed by atoms with E-state index < -0.39 is 0 Å². The first-order valence-corrected chi connectivity index (χ1v) is 7.10. The van der Waals surface area contributed by atoms with Crippen LogP contribution in [0.3, 0.4) is 0 Å². The summed E-state index contributed by atoms with van der Waals surface area (Å²) >= 11 is 4.72. The van der Waals surface area contributed by atoms with Crippen LogP contribution < -0.4 is 0 Å². The van der Waals surface area contributed by atoms with Crippen LogP contribution >= 0.6 is 27.7 Å². The number of aldehydes is 1. The van der Waals surface area contributed by atoms with Gasteiger partial charge in [0, 0.05) is 16.9 Å². The molecule has 3 aromatic rings. The van der Waals surface area contributed by atoms with Crippen molar-refractivity contribution in [3.63, 3.8) is 0 Å². The maximum atomic E-state index is 11.2. The summed E-state index contributed by atoms with van der Waals surface area (Å²) in [5, 5.41) is 1.46. The molecule has 0 radical (unpaired) electrons. The van der Waals surface area contributed by atoms with Crippen LogP contribution in [0.25, 0.3) is 5.65 Å². The third-order valence-electron chi connectivity index (χ3n) is 2.55. The second-order valence-electron chi connectivity index (χ2n) is 3.77. The number of aromatic nitrogens is 3. The highest BCUT2D eigenvalue weighted by atomic mass is 79.9. The van der Waals surface area contributed by atoms with E-state index in [1.807, 2.05) is 36.5 Å². The highest BCUT2D eigenvalue weighted by molar-refractivity contribution is 9.10. The Bertz CT molecular complexity index is 739. The molecule has 0 aliphatic heterocycles. The SMILES string of the molecule is O=Cc1c(Sc2ccc(Br)cn2)nc2ccccn12. The lowest BCUT2D eigenvalue weighted by Gasteiger charge is -1.98. The zero-order chi connectivity index (χ0) is 13.2. The molecule has 0 fully saturated rings. The van der Waals surface area contributed by atoms with Crippen LogP contribution in [-0.4, -0.2) is 20.7 Å². The standard InChI is InChI=1S/C13H8BrN3OS/c14-9-4-5-12(15-7-9)19-13-10(8-18)17-6-2-1-3-11(17)16-13/h1-8H. The Morgan fingerprint density at radius 1 is 1.26 bits per heavy atom. The van der Waals surface area contributed by atoms with Crippen molar-refractivity contribution in [2.75, 3.05) is 0 Å². The zero-order valence-corrected chi connectivity index (χ0v) is 12.1. The molecule has 0 amide bonds. The predicted octanol–water partition coefficient (Wildman–Crippen LogP) is 3.46. The number of imidazole rings is 1. The Labute approximate surface area is 122 Å². The topological polar surface area (TPSA) is 47.3 Å². The number of hydrogen-bond donors (Lipinski definition) is 0. The normalized spacial score (nSPS) is 10.8. The molecule has 3 aromatic heterocycles. The molecule has 0 N–H and O–H groups in total. The van der Waals surface area contributed by atoms with Crippen LogP contribution in [-0.2, 0) is 0 Å². The minimum atomic E-state index is 0.547. The molecule has 94 valence electrons. The molecule has 4 nitrogen and oxygen atoms in total. The fourth-order valence-corrected chi connectivity index (χ4v) is 2.76. The first-order chi connectivity index (χ1) is 9.28. The number of rotatable bonds is 3. The van der Waals surface area contributed by atoms with Crippen molar-refractivity contribution in [2.45, 2.75) is 10.1 Å². The summed E-state index contributed by atoms with van der Waals surface area (Å²) < 4.78 is 2.69. The van der Waals surface area contributed by atoms with Crippen LogP contribution in [0, 0.1) is 0 Å². The van der Waals surface area contributed by atoms with Crippen molar-refractivity contribution in [3.8, 4) is 0 Å².